The molecule has 2 N–H and O–H groups in total. The number of hydrogen-bond donors (Lipinski definition) is 2. The fourth-order valence-electron chi connectivity index (χ4n) is 1.27. The van der Waals surface area contributed by atoms with Crippen LogP contribution in [-0.4, -0.2) is 16.2 Å². The van der Waals surface area contributed by atoms with Gasteiger partial charge >= 0.3 is 5.97 Å². The Balaban J connectivity index is 2.17. The van der Waals surface area contributed by atoms with Crippen LogP contribution in [0.2, 0.25) is 0 Å². The van der Waals surface area contributed by atoms with Crippen molar-refractivity contribution < 1.29 is 14.4 Å². The number of anilines is 2. The van der Waals surface area contributed by atoms with E-state index in [2.05, 4.69) is 10.5 Å². The predicted octanol–water partition coefficient (Wildman–Crippen LogP) is 2.42. The standard InChI is InChI=1S/C11H10N2O3/c1-7-10(6-12-16-7)13-9-4-2-8(3-5-9)11(14)15/h2-6,13H,1H3,(H,14,15). The average Bonchev–Trinajstić information content (AvgIpc) is 2.65. The molecular formula is C11H10N2O3. The monoisotopic (exact) mass is 218 g/mol. The van der Waals surface area contributed by atoms with Crippen LogP contribution in [0.5, 0.6) is 0 Å². The van der Waals surface area contributed by atoms with Crippen LogP contribution in [0.25, 0.3) is 0 Å². The Morgan fingerprint density at radius 2 is 2.06 bits per heavy atom. The smallest absolute Gasteiger partial charge is 0.335 e. The molecule has 1 aromatic heterocycles. The molecule has 0 amide bonds. The van der Waals surface area contributed by atoms with Crippen molar-refractivity contribution in [2.45, 2.75) is 6.92 Å². The molecule has 0 aliphatic rings. The summed E-state index contributed by atoms with van der Waals surface area (Å²) in [7, 11) is 0. The van der Waals surface area contributed by atoms with Gasteiger partial charge in [0.1, 0.15) is 5.69 Å². The Labute approximate surface area is 91.7 Å². The Kier molecular flexibility index (Phi) is 2.59. The van der Waals surface area contributed by atoms with Crippen molar-refractivity contribution in [2.75, 3.05) is 5.32 Å². The van der Waals surface area contributed by atoms with E-state index in [1.807, 2.05) is 0 Å². The molecule has 5 heteroatoms. The van der Waals surface area contributed by atoms with Gasteiger partial charge in [0.05, 0.1) is 11.8 Å². The number of nitrogens with zero attached hydrogens (tertiary/aromatic N) is 1. The maximum atomic E-state index is 10.6. The molecule has 1 heterocycles. The Hall–Kier alpha value is -2.30. The normalized spacial score (nSPS) is 10.1. The zero-order valence-electron chi connectivity index (χ0n) is 8.60. The van der Waals surface area contributed by atoms with E-state index in [9.17, 15) is 4.79 Å². The summed E-state index contributed by atoms with van der Waals surface area (Å²) in [5, 5.41) is 15.4. The van der Waals surface area contributed by atoms with Gasteiger partial charge in [-0.2, -0.15) is 0 Å². The Morgan fingerprint density at radius 3 is 2.56 bits per heavy atom. The third-order valence-electron chi connectivity index (χ3n) is 2.16. The molecule has 0 spiro atoms. The number of carbonyl (C=O) groups is 1. The minimum Gasteiger partial charge on any atom is -0.478 e. The van der Waals surface area contributed by atoms with Gasteiger partial charge in [0.2, 0.25) is 0 Å². The second-order valence-electron chi connectivity index (χ2n) is 3.30. The molecule has 0 saturated heterocycles. The summed E-state index contributed by atoms with van der Waals surface area (Å²) in [6.45, 7) is 1.79. The lowest BCUT2D eigenvalue weighted by molar-refractivity contribution is 0.0697. The molecule has 0 unspecified atom stereocenters. The molecule has 2 rings (SSSR count). The minimum atomic E-state index is -0.937. The number of aromatic nitrogens is 1. The predicted molar refractivity (Wildman–Crippen MR) is 57.9 cm³/mol. The molecule has 0 radical (unpaired) electrons. The van der Waals surface area contributed by atoms with Crippen molar-refractivity contribution in [3.05, 3.63) is 41.8 Å². The highest BCUT2D eigenvalue weighted by Crippen LogP contribution is 2.19. The molecule has 1 aromatic carbocycles. The van der Waals surface area contributed by atoms with E-state index in [0.29, 0.717) is 5.76 Å². The highest BCUT2D eigenvalue weighted by Gasteiger charge is 2.04. The number of rotatable bonds is 3. The number of aryl methyl sites for hydroxylation is 1. The number of nitrogens with one attached hydrogen (secondary N) is 1. The van der Waals surface area contributed by atoms with Gasteiger partial charge in [0.15, 0.2) is 5.76 Å². The van der Waals surface area contributed by atoms with E-state index >= 15 is 0 Å². The minimum absolute atomic E-state index is 0.257. The van der Waals surface area contributed by atoms with E-state index in [0.717, 1.165) is 11.4 Å². The number of hydrogen-bond acceptors (Lipinski definition) is 4. The second-order valence-corrected chi connectivity index (χ2v) is 3.30. The molecule has 0 aliphatic heterocycles. The largest absolute Gasteiger partial charge is 0.478 e. The van der Waals surface area contributed by atoms with Crippen molar-refractivity contribution in [3.8, 4) is 0 Å². The van der Waals surface area contributed by atoms with Crippen LogP contribution in [0.3, 0.4) is 0 Å². The fraction of sp³-hybridized carbons (Fsp3) is 0.0909. The first-order valence-electron chi connectivity index (χ1n) is 4.68. The zero-order chi connectivity index (χ0) is 11.5. The van der Waals surface area contributed by atoms with Crippen LogP contribution in [0, 0.1) is 6.92 Å². The molecular weight excluding hydrogens is 208 g/mol. The fourth-order valence-corrected chi connectivity index (χ4v) is 1.27. The van der Waals surface area contributed by atoms with Gasteiger partial charge < -0.3 is 14.9 Å². The lowest BCUT2D eigenvalue weighted by Crippen LogP contribution is -1.96. The van der Waals surface area contributed by atoms with Crippen molar-refractivity contribution >= 4 is 17.3 Å². The van der Waals surface area contributed by atoms with Crippen molar-refractivity contribution in [2.24, 2.45) is 0 Å². The third-order valence-corrected chi connectivity index (χ3v) is 2.16. The SMILES string of the molecule is Cc1oncc1Nc1ccc(C(=O)O)cc1. The number of benzene rings is 1. The van der Waals surface area contributed by atoms with Gasteiger partial charge in [-0.3, -0.25) is 0 Å². The Bertz CT molecular complexity index is 502. The quantitative estimate of drug-likeness (QED) is 0.827. The van der Waals surface area contributed by atoms with E-state index in [4.69, 9.17) is 9.63 Å². The van der Waals surface area contributed by atoms with E-state index < -0.39 is 5.97 Å². The van der Waals surface area contributed by atoms with Gasteiger partial charge in [-0.1, -0.05) is 5.16 Å². The van der Waals surface area contributed by atoms with Gasteiger partial charge in [0.25, 0.3) is 0 Å². The van der Waals surface area contributed by atoms with Gasteiger partial charge in [-0.05, 0) is 31.2 Å². The first-order valence-corrected chi connectivity index (χ1v) is 4.68. The molecule has 0 fully saturated rings. The van der Waals surface area contributed by atoms with E-state index in [-0.39, 0.29) is 5.56 Å². The van der Waals surface area contributed by atoms with Crippen LogP contribution in [-0.2, 0) is 0 Å². The van der Waals surface area contributed by atoms with Gasteiger partial charge in [-0.25, -0.2) is 4.79 Å². The van der Waals surface area contributed by atoms with Crippen LogP contribution in [0.15, 0.2) is 35.0 Å². The van der Waals surface area contributed by atoms with E-state index in [1.54, 1.807) is 25.3 Å². The molecule has 0 saturated carbocycles. The second kappa shape index (κ2) is 4.06. The van der Waals surface area contributed by atoms with E-state index in [1.165, 1.54) is 12.1 Å². The molecule has 16 heavy (non-hydrogen) atoms. The topological polar surface area (TPSA) is 75.4 Å². The third kappa shape index (κ3) is 2.03. The summed E-state index contributed by atoms with van der Waals surface area (Å²) in [4.78, 5) is 10.6. The molecule has 5 nitrogen and oxygen atoms in total. The molecule has 0 aliphatic carbocycles. The maximum absolute atomic E-state index is 10.6. The first kappa shape index (κ1) is 10.2. The lowest BCUT2D eigenvalue weighted by Gasteiger charge is -2.03. The number of carboxylic acids is 1. The van der Waals surface area contributed by atoms with Crippen molar-refractivity contribution in [1.82, 2.24) is 5.16 Å². The van der Waals surface area contributed by atoms with Gasteiger partial charge in [-0.15, -0.1) is 0 Å². The average molecular weight is 218 g/mol. The summed E-state index contributed by atoms with van der Waals surface area (Å²) in [6.07, 6.45) is 1.57. The number of carboxylic acid groups (broad SMARTS) is 1. The Morgan fingerprint density at radius 1 is 1.38 bits per heavy atom. The van der Waals surface area contributed by atoms with Crippen molar-refractivity contribution in [1.29, 1.82) is 0 Å². The van der Waals surface area contributed by atoms with Crippen LogP contribution < -0.4 is 5.32 Å². The summed E-state index contributed by atoms with van der Waals surface area (Å²) in [5.41, 5.74) is 1.81. The highest BCUT2D eigenvalue weighted by molar-refractivity contribution is 5.88. The van der Waals surface area contributed by atoms with Crippen LogP contribution >= 0.6 is 0 Å². The summed E-state index contributed by atoms with van der Waals surface area (Å²) >= 11 is 0. The summed E-state index contributed by atoms with van der Waals surface area (Å²) in [5.74, 6) is -0.255. The lowest BCUT2D eigenvalue weighted by atomic mass is 10.2. The van der Waals surface area contributed by atoms with Gasteiger partial charge in [0, 0.05) is 5.69 Å². The first-order chi connectivity index (χ1) is 7.66. The molecule has 82 valence electrons. The summed E-state index contributed by atoms with van der Waals surface area (Å²) in [6, 6.07) is 6.45. The summed E-state index contributed by atoms with van der Waals surface area (Å²) < 4.78 is 4.89. The number of aromatic carboxylic acids is 1. The highest BCUT2D eigenvalue weighted by atomic mass is 16.5. The molecule has 0 atom stereocenters. The van der Waals surface area contributed by atoms with Crippen LogP contribution in [0.1, 0.15) is 16.1 Å². The zero-order valence-corrected chi connectivity index (χ0v) is 8.60. The molecule has 0 bridgehead atoms. The van der Waals surface area contributed by atoms with Crippen molar-refractivity contribution in [3.63, 3.8) is 0 Å². The van der Waals surface area contributed by atoms with Crippen LogP contribution in [0.4, 0.5) is 11.4 Å². The maximum Gasteiger partial charge on any atom is 0.335 e. The molecule has 2 aromatic rings.